The zero-order valence-electron chi connectivity index (χ0n) is 17.9. The average molecular weight is 515 g/mol. The number of halogens is 3. The molecule has 1 aliphatic rings. The van der Waals surface area contributed by atoms with Crippen LogP contribution in [-0.4, -0.2) is 33.9 Å². The molecule has 0 bridgehead atoms. The first-order chi connectivity index (χ1) is 16.7. The maximum atomic E-state index is 13.4. The predicted octanol–water partition coefficient (Wildman–Crippen LogP) is 4.29. The molecule has 2 N–H and O–H groups in total. The lowest BCUT2D eigenvalue weighted by atomic mass is 10.1. The molecular formula is C24H17ClF2N4O3S. The second kappa shape index (κ2) is 10.2. The smallest absolute Gasteiger partial charge is 0.269 e. The number of hydrazine groups is 1. The van der Waals surface area contributed by atoms with Gasteiger partial charge in [-0.05, 0) is 85.0 Å². The summed E-state index contributed by atoms with van der Waals surface area (Å²) in [6.45, 7) is 0. The molecule has 1 heterocycles. The fraction of sp³-hybridized carbons (Fsp3) is 0.0833. The monoisotopic (exact) mass is 514 g/mol. The van der Waals surface area contributed by atoms with Crippen LogP contribution in [0.4, 0.5) is 20.2 Å². The van der Waals surface area contributed by atoms with Crippen molar-refractivity contribution in [2.24, 2.45) is 0 Å². The van der Waals surface area contributed by atoms with Crippen molar-refractivity contribution in [2.75, 3.05) is 10.2 Å². The lowest BCUT2D eigenvalue weighted by molar-refractivity contribution is -0.124. The Balaban J connectivity index is 1.59. The van der Waals surface area contributed by atoms with E-state index in [1.165, 1.54) is 60.7 Å². The highest BCUT2D eigenvalue weighted by atomic mass is 35.5. The van der Waals surface area contributed by atoms with Crippen molar-refractivity contribution in [1.29, 1.82) is 0 Å². The Kier molecular flexibility index (Phi) is 7.04. The first kappa shape index (κ1) is 24.2. The van der Waals surface area contributed by atoms with Crippen LogP contribution < -0.4 is 15.6 Å². The number of nitrogens with zero attached hydrogens (tertiary/aromatic N) is 2. The molecular weight excluding hydrogens is 498 g/mol. The minimum atomic E-state index is -1.19. The number of nitrogens with one attached hydrogen (secondary N) is 2. The van der Waals surface area contributed by atoms with Gasteiger partial charge in [0.05, 0.1) is 12.1 Å². The van der Waals surface area contributed by atoms with Crippen molar-refractivity contribution >= 4 is 58.0 Å². The van der Waals surface area contributed by atoms with Crippen molar-refractivity contribution in [1.82, 2.24) is 10.4 Å². The van der Waals surface area contributed by atoms with Crippen LogP contribution in [0, 0.1) is 11.6 Å². The standard InChI is InChI=1S/C24H17ClF2N4O3S/c25-15-3-1-14(2-4-15)22(33)29-31-20(13-21(32)28-18-9-5-16(26)6-10-18)23(34)30(24(31)35)19-11-7-17(27)8-12-19/h1-12,20H,13H2,(H,28,32)(H,29,33)/t20-/m1/s1. The molecule has 1 fully saturated rings. The molecule has 0 aromatic heterocycles. The number of amides is 3. The SMILES string of the molecule is O=C(C[C@@H]1C(=O)N(c2ccc(F)cc2)C(=S)N1NC(=O)c1ccc(Cl)cc1)Nc1ccc(F)cc1. The van der Waals surface area contributed by atoms with Crippen molar-refractivity contribution in [2.45, 2.75) is 12.5 Å². The number of carbonyl (C=O) groups excluding carboxylic acids is 3. The Hall–Kier alpha value is -3.89. The summed E-state index contributed by atoms with van der Waals surface area (Å²) in [5.41, 5.74) is 3.43. The Morgan fingerprint density at radius 2 is 1.49 bits per heavy atom. The molecule has 0 unspecified atom stereocenters. The summed E-state index contributed by atoms with van der Waals surface area (Å²) in [5, 5.41) is 4.05. The third-order valence-corrected chi connectivity index (χ3v) is 5.77. The summed E-state index contributed by atoms with van der Waals surface area (Å²) in [4.78, 5) is 40.0. The molecule has 178 valence electrons. The minimum absolute atomic E-state index is 0.0940. The molecule has 4 rings (SSSR count). The second-order valence-electron chi connectivity index (χ2n) is 7.53. The molecule has 1 atom stereocenters. The van der Waals surface area contributed by atoms with E-state index in [0.717, 1.165) is 22.0 Å². The molecule has 11 heteroatoms. The van der Waals surface area contributed by atoms with Crippen LogP contribution in [0.2, 0.25) is 5.02 Å². The van der Waals surface area contributed by atoms with Gasteiger partial charge in [0, 0.05) is 16.3 Å². The van der Waals surface area contributed by atoms with E-state index in [0.29, 0.717) is 10.7 Å². The molecule has 7 nitrogen and oxygen atoms in total. The van der Waals surface area contributed by atoms with Gasteiger partial charge in [0.2, 0.25) is 11.0 Å². The fourth-order valence-corrected chi connectivity index (χ4v) is 3.92. The largest absolute Gasteiger partial charge is 0.326 e. The molecule has 3 aromatic rings. The normalized spacial score (nSPS) is 15.3. The van der Waals surface area contributed by atoms with E-state index < -0.39 is 35.4 Å². The summed E-state index contributed by atoms with van der Waals surface area (Å²) < 4.78 is 26.6. The first-order valence-electron chi connectivity index (χ1n) is 10.3. The number of benzene rings is 3. The lowest BCUT2D eigenvalue weighted by Gasteiger charge is -2.24. The number of rotatable bonds is 6. The third-order valence-electron chi connectivity index (χ3n) is 5.13. The molecule has 3 aromatic carbocycles. The van der Waals surface area contributed by atoms with Crippen LogP contribution in [-0.2, 0) is 9.59 Å². The molecule has 1 saturated heterocycles. The summed E-state index contributed by atoms with van der Waals surface area (Å²) in [6.07, 6.45) is -0.380. The van der Waals surface area contributed by atoms with E-state index in [9.17, 15) is 23.2 Å². The lowest BCUT2D eigenvalue weighted by Crippen LogP contribution is -2.49. The Morgan fingerprint density at radius 1 is 0.914 bits per heavy atom. The van der Waals surface area contributed by atoms with E-state index in [4.69, 9.17) is 23.8 Å². The van der Waals surface area contributed by atoms with Gasteiger partial charge < -0.3 is 5.32 Å². The topological polar surface area (TPSA) is 81.8 Å². The first-order valence-corrected chi connectivity index (χ1v) is 11.1. The zero-order chi connectivity index (χ0) is 25.1. The number of thiocarbonyl (C=S) groups is 1. The molecule has 1 aliphatic heterocycles. The van der Waals surface area contributed by atoms with Crippen LogP contribution in [0.5, 0.6) is 0 Å². The van der Waals surface area contributed by atoms with Gasteiger partial charge in [-0.2, -0.15) is 0 Å². The van der Waals surface area contributed by atoms with Crippen molar-refractivity contribution in [3.05, 3.63) is 95.0 Å². The summed E-state index contributed by atoms with van der Waals surface area (Å²) in [7, 11) is 0. The van der Waals surface area contributed by atoms with Gasteiger partial charge in [-0.1, -0.05) is 11.6 Å². The van der Waals surface area contributed by atoms with E-state index in [1.54, 1.807) is 0 Å². The van der Waals surface area contributed by atoms with Gasteiger partial charge in [-0.25, -0.2) is 13.8 Å². The highest BCUT2D eigenvalue weighted by Gasteiger charge is 2.45. The molecule has 0 aliphatic carbocycles. The second-order valence-corrected chi connectivity index (χ2v) is 8.33. The summed E-state index contributed by atoms with van der Waals surface area (Å²) >= 11 is 11.3. The van der Waals surface area contributed by atoms with E-state index in [1.807, 2.05) is 0 Å². The van der Waals surface area contributed by atoms with Crippen LogP contribution in [0.1, 0.15) is 16.8 Å². The van der Waals surface area contributed by atoms with E-state index >= 15 is 0 Å². The molecule has 0 radical (unpaired) electrons. The Morgan fingerprint density at radius 3 is 2.09 bits per heavy atom. The van der Waals surface area contributed by atoms with E-state index in [2.05, 4.69) is 10.7 Å². The summed E-state index contributed by atoms with van der Waals surface area (Å²) in [5.74, 6) is -2.71. The van der Waals surface area contributed by atoms with Gasteiger partial charge in [0.15, 0.2) is 0 Å². The minimum Gasteiger partial charge on any atom is -0.326 e. The van der Waals surface area contributed by atoms with Crippen LogP contribution >= 0.6 is 23.8 Å². The van der Waals surface area contributed by atoms with Gasteiger partial charge in [-0.3, -0.25) is 24.7 Å². The summed E-state index contributed by atoms with van der Waals surface area (Å²) in [6, 6.07) is 15.0. The van der Waals surface area contributed by atoms with Gasteiger partial charge in [-0.15, -0.1) is 0 Å². The van der Waals surface area contributed by atoms with Crippen LogP contribution in [0.25, 0.3) is 0 Å². The number of hydrogen-bond donors (Lipinski definition) is 2. The third kappa shape index (κ3) is 5.44. The van der Waals surface area contributed by atoms with Gasteiger partial charge in [0.25, 0.3) is 11.8 Å². The molecule has 0 saturated carbocycles. The van der Waals surface area contributed by atoms with Gasteiger partial charge >= 0.3 is 0 Å². The van der Waals surface area contributed by atoms with Gasteiger partial charge in [0.1, 0.15) is 17.7 Å². The van der Waals surface area contributed by atoms with Crippen LogP contribution in [0.3, 0.4) is 0 Å². The van der Waals surface area contributed by atoms with Crippen molar-refractivity contribution < 1.29 is 23.2 Å². The number of hydrogen-bond acceptors (Lipinski definition) is 4. The molecule has 35 heavy (non-hydrogen) atoms. The number of anilines is 2. The number of carbonyl (C=O) groups is 3. The Bertz CT molecular complexity index is 1290. The quantitative estimate of drug-likeness (QED) is 0.480. The van der Waals surface area contributed by atoms with Crippen molar-refractivity contribution in [3.63, 3.8) is 0 Å². The zero-order valence-corrected chi connectivity index (χ0v) is 19.4. The maximum absolute atomic E-state index is 13.4. The van der Waals surface area contributed by atoms with Crippen molar-refractivity contribution in [3.8, 4) is 0 Å². The van der Waals surface area contributed by atoms with E-state index in [-0.39, 0.29) is 22.8 Å². The average Bonchev–Trinajstić information content (AvgIpc) is 3.05. The maximum Gasteiger partial charge on any atom is 0.269 e. The molecule has 3 amide bonds. The predicted molar refractivity (Wildman–Crippen MR) is 131 cm³/mol. The Labute approximate surface area is 209 Å². The fourth-order valence-electron chi connectivity index (χ4n) is 3.42. The highest BCUT2D eigenvalue weighted by Crippen LogP contribution is 2.27. The molecule has 0 spiro atoms. The highest BCUT2D eigenvalue weighted by molar-refractivity contribution is 7.80. The van der Waals surface area contributed by atoms with Crippen LogP contribution in [0.15, 0.2) is 72.8 Å².